The summed E-state index contributed by atoms with van der Waals surface area (Å²) >= 11 is 0. The Hall–Kier alpha value is -2.68. The van der Waals surface area contributed by atoms with Crippen molar-refractivity contribution in [3.05, 3.63) is 29.6 Å². The second kappa shape index (κ2) is 5.37. The van der Waals surface area contributed by atoms with Crippen LogP contribution in [0.15, 0.2) is 23.3 Å². The van der Waals surface area contributed by atoms with Gasteiger partial charge in [0, 0.05) is 14.1 Å². The van der Waals surface area contributed by atoms with Gasteiger partial charge in [-0.2, -0.15) is 5.26 Å². The number of nitrogens with zero attached hydrogens (tertiary/aromatic N) is 6. The highest BCUT2D eigenvalue weighted by atomic mass is 15.3. The highest BCUT2D eigenvalue weighted by molar-refractivity contribution is 5.74. The molecule has 0 amide bonds. The summed E-state index contributed by atoms with van der Waals surface area (Å²) in [7, 11) is 3.78. The summed E-state index contributed by atoms with van der Waals surface area (Å²) < 4.78 is 1.78. The van der Waals surface area contributed by atoms with Gasteiger partial charge in [-0.1, -0.05) is 6.08 Å². The zero-order chi connectivity index (χ0) is 14.8. The molecule has 6 heteroatoms. The average Bonchev–Trinajstić information content (AvgIpc) is 3.10. The zero-order valence-electron chi connectivity index (χ0n) is 12.1. The summed E-state index contributed by atoms with van der Waals surface area (Å²) in [5, 5.41) is 13.8. The van der Waals surface area contributed by atoms with Gasteiger partial charge in [0.1, 0.15) is 6.07 Å². The molecule has 1 aliphatic rings. The Morgan fingerprint density at radius 1 is 1.48 bits per heavy atom. The minimum atomic E-state index is 0.385. The number of hydrogen-bond donors (Lipinski definition) is 0. The van der Waals surface area contributed by atoms with Crippen LogP contribution in [0, 0.1) is 11.3 Å². The molecule has 0 N–H and O–H groups in total. The third kappa shape index (κ3) is 2.50. The van der Waals surface area contributed by atoms with Crippen LogP contribution in [0.2, 0.25) is 0 Å². The number of nitriles is 1. The lowest BCUT2D eigenvalue weighted by molar-refractivity contribution is 0.642. The summed E-state index contributed by atoms with van der Waals surface area (Å²) in [6.45, 7) is 0. The largest absolute Gasteiger partial charge is 0.369 e. The topological polar surface area (TPSA) is 69.6 Å². The summed E-state index contributed by atoms with van der Waals surface area (Å²) in [6.07, 6.45) is 8.72. The predicted octanol–water partition coefficient (Wildman–Crippen LogP) is 2.39. The maximum atomic E-state index is 9.35. The second-order valence-corrected chi connectivity index (χ2v) is 5.24. The average molecular weight is 280 g/mol. The number of hydrogen-bond acceptors (Lipinski definition) is 4. The van der Waals surface area contributed by atoms with Crippen molar-refractivity contribution in [3.8, 4) is 6.07 Å². The molecule has 0 aromatic carbocycles. The van der Waals surface area contributed by atoms with Crippen LogP contribution >= 0.6 is 0 Å². The van der Waals surface area contributed by atoms with E-state index in [9.17, 15) is 5.26 Å². The molecule has 2 aromatic heterocycles. The first-order chi connectivity index (χ1) is 10.2. The lowest BCUT2D eigenvalue weighted by Crippen LogP contribution is -2.07. The number of aromatic nitrogens is 3. The Labute approximate surface area is 123 Å². The molecule has 3 rings (SSSR count). The Bertz CT molecular complexity index is 775. The van der Waals surface area contributed by atoms with Crippen LogP contribution < -0.4 is 0 Å². The molecule has 0 unspecified atom stereocenters. The summed E-state index contributed by atoms with van der Waals surface area (Å²) in [6, 6.07) is 4.08. The summed E-state index contributed by atoms with van der Waals surface area (Å²) in [5.41, 5.74) is 3.53. The van der Waals surface area contributed by atoms with E-state index in [1.54, 1.807) is 17.1 Å². The van der Waals surface area contributed by atoms with E-state index in [4.69, 9.17) is 0 Å². The van der Waals surface area contributed by atoms with Crippen molar-refractivity contribution in [1.29, 1.82) is 5.26 Å². The van der Waals surface area contributed by atoms with Gasteiger partial charge in [-0.25, -0.2) is 14.5 Å². The molecule has 106 valence electrons. The van der Waals surface area contributed by atoms with Crippen LogP contribution in [0.4, 0.5) is 5.95 Å². The molecule has 2 aromatic rings. The molecule has 0 aliphatic heterocycles. The lowest BCUT2D eigenvalue weighted by atomic mass is 10.1. The van der Waals surface area contributed by atoms with Gasteiger partial charge in [-0.3, -0.25) is 0 Å². The van der Waals surface area contributed by atoms with Crippen molar-refractivity contribution in [2.24, 2.45) is 4.99 Å². The summed E-state index contributed by atoms with van der Waals surface area (Å²) in [4.78, 5) is 10.2. The van der Waals surface area contributed by atoms with Gasteiger partial charge in [-0.05, 0) is 30.9 Å². The Balaban J connectivity index is 2.15. The molecular weight excluding hydrogens is 264 g/mol. The molecule has 2 heterocycles. The van der Waals surface area contributed by atoms with E-state index in [2.05, 4.69) is 27.2 Å². The first kappa shape index (κ1) is 13.3. The molecule has 0 atom stereocenters. The van der Waals surface area contributed by atoms with Gasteiger partial charge in [0.15, 0.2) is 0 Å². The van der Waals surface area contributed by atoms with Crippen molar-refractivity contribution < 1.29 is 0 Å². The molecule has 0 fully saturated rings. The van der Waals surface area contributed by atoms with E-state index in [1.165, 1.54) is 5.57 Å². The smallest absolute Gasteiger partial charge is 0.268 e. The van der Waals surface area contributed by atoms with Crippen molar-refractivity contribution >= 4 is 23.4 Å². The van der Waals surface area contributed by atoms with Crippen LogP contribution in [-0.2, 0) is 0 Å². The van der Waals surface area contributed by atoms with E-state index >= 15 is 0 Å². The Morgan fingerprint density at radius 2 is 2.33 bits per heavy atom. The van der Waals surface area contributed by atoms with Crippen LogP contribution in [0.5, 0.6) is 0 Å². The third-order valence-electron chi connectivity index (χ3n) is 3.38. The minimum Gasteiger partial charge on any atom is -0.369 e. The number of rotatable bonds is 3. The number of allylic oxidation sites excluding steroid dienone is 2. The molecule has 0 saturated carbocycles. The van der Waals surface area contributed by atoms with Gasteiger partial charge in [0.2, 0.25) is 0 Å². The van der Waals surface area contributed by atoms with Crippen LogP contribution in [0.3, 0.4) is 0 Å². The summed E-state index contributed by atoms with van der Waals surface area (Å²) in [5.74, 6) is 0.385. The Kier molecular flexibility index (Phi) is 3.40. The van der Waals surface area contributed by atoms with Gasteiger partial charge in [0.05, 0.1) is 29.3 Å². The van der Waals surface area contributed by atoms with Crippen molar-refractivity contribution in [2.45, 2.75) is 19.3 Å². The molecule has 0 radical (unpaired) electrons. The standard InChI is InChI=1S/C15H16N6/c1-20(2)10-18-15-17-9-13-7-12(8-16)14(21(13)19-15)11-5-3-4-6-11/h5,7,9-10H,3-4,6H2,1-2H3. The maximum absolute atomic E-state index is 9.35. The fourth-order valence-corrected chi connectivity index (χ4v) is 2.47. The van der Waals surface area contributed by atoms with Crippen LogP contribution in [0.25, 0.3) is 11.1 Å². The molecule has 0 saturated heterocycles. The lowest BCUT2D eigenvalue weighted by Gasteiger charge is -2.05. The van der Waals surface area contributed by atoms with Crippen LogP contribution in [-0.4, -0.2) is 39.9 Å². The van der Waals surface area contributed by atoms with Crippen molar-refractivity contribution in [3.63, 3.8) is 0 Å². The monoisotopic (exact) mass is 280 g/mol. The highest BCUT2D eigenvalue weighted by Crippen LogP contribution is 2.31. The fraction of sp³-hybridized carbons (Fsp3) is 0.333. The number of aliphatic imine (C=N–C) groups is 1. The molecule has 1 aliphatic carbocycles. The minimum absolute atomic E-state index is 0.385. The van der Waals surface area contributed by atoms with Crippen LogP contribution in [0.1, 0.15) is 30.5 Å². The SMILES string of the molecule is CN(C)C=Nc1ncc2cc(C#N)c(C3=CCCC3)n2n1. The highest BCUT2D eigenvalue weighted by Gasteiger charge is 2.18. The quantitative estimate of drug-likeness (QED) is 0.639. The number of fused-ring (bicyclic) bond motifs is 1. The second-order valence-electron chi connectivity index (χ2n) is 5.24. The van der Waals surface area contributed by atoms with E-state index in [0.717, 1.165) is 30.5 Å². The third-order valence-corrected chi connectivity index (χ3v) is 3.38. The molecular formula is C15H16N6. The zero-order valence-corrected chi connectivity index (χ0v) is 12.1. The maximum Gasteiger partial charge on any atom is 0.268 e. The van der Waals surface area contributed by atoms with Gasteiger partial charge in [0.25, 0.3) is 5.95 Å². The van der Waals surface area contributed by atoms with E-state index in [1.807, 2.05) is 25.1 Å². The van der Waals surface area contributed by atoms with E-state index in [0.29, 0.717) is 11.5 Å². The van der Waals surface area contributed by atoms with Crippen molar-refractivity contribution in [2.75, 3.05) is 14.1 Å². The normalized spacial score (nSPS) is 14.6. The molecule has 0 spiro atoms. The van der Waals surface area contributed by atoms with E-state index in [-0.39, 0.29) is 0 Å². The first-order valence-electron chi connectivity index (χ1n) is 6.88. The predicted molar refractivity (Wildman–Crippen MR) is 81.4 cm³/mol. The molecule has 6 nitrogen and oxygen atoms in total. The van der Waals surface area contributed by atoms with Gasteiger partial charge < -0.3 is 4.90 Å². The molecule has 21 heavy (non-hydrogen) atoms. The van der Waals surface area contributed by atoms with Crippen molar-refractivity contribution in [1.82, 2.24) is 19.5 Å². The van der Waals surface area contributed by atoms with Gasteiger partial charge in [-0.15, -0.1) is 5.10 Å². The Morgan fingerprint density at radius 3 is 3.00 bits per heavy atom. The fourth-order valence-electron chi connectivity index (χ4n) is 2.47. The molecule has 0 bridgehead atoms. The van der Waals surface area contributed by atoms with Gasteiger partial charge >= 0.3 is 0 Å². The first-order valence-corrected chi connectivity index (χ1v) is 6.88. The van der Waals surface area contributed by atoms with E-state index < -0.39 is 0 Å².